The third kappa shape index (κ3) is 2.67. The molecule has 1 aromatic rings. The van der Waals surface area contributed by atoms with E-state index in [1.165, 1.54) is 6.42 Å². The molecule has 0 radical (unpaired) electrons. The van der Waals surface area contributed by atoms with E-state index in [1.807, 2.05) is 4.68 Å². The van der Waals surface area contributed by atoms with Crippen molar-refractivity contribution in [3.05, 3.63) is 5.82 Å². The van der Waals surface area contributed by atoms with E-state index in [0.29, 0.717) is 17.8 Å². The molecule has 0 amide bonds. The highest BCUT2D eigenvalue weighted by atomic mass is 35.5. The van der Waals surface area contributed by atoms with Gasteiger partial charge >= 0.3 is 0 Å². The Morgan fingerprint density at radius 1 is 1.43 bits per heavy atom. The summed E-state index contributed by atoms with van der Waals surface area (Å²) in [4.78, 5) is 0. The fourth-order valence-corrected chi connectivity index (χ4v) is 1.67. The van der Waals surface area contributed by atoms with Crippen LogP contribution in [0.1, 0.15) is 45.5 Å². The van der Waals surface area contributed by atoms with Crippen molar-refractivity contribution in [1.29, 1.82) is 0 Å². The summed E-state index contributed by atoms with van der Waals surface area (Å²) in [5, 5.41) is 11.4. The van der Waals surface area contributed by atoms with Crippen molar-refractivity contribution in [3.63, 3.8) is 0 Å². The maximum Gasteiger partial charge on any atom is 0.166 e. The molecular weight excluding hydrogens is 200 g/mol. The second-order valence-corrected chi connectivity index (χ2v) is 4.04. The molecule has 0 fully saturated rings. The van der Waals surface area contributed by atoms with E-state index < -0.39 is 0 Å². The van der Waals surface area contributed by atoms with E-state index in [9.17, 15) is 0 Å². The van der Waals surface area contributed by atoms with Crippen LogP contribution in [0.4, 0.5) is 0 Å². The van der Waals surface area contributed by atoms with E-state index in [2.05, 4.69) is 36.3 Å². The van der Waals surface area contributed by atoms with Crippen molar-refractivity contribution < 1.29 is 0 Å². The maximum atomic E-state index is 5.72. The normalized spacial score (nSPS) is 15.4. The molecule has 0 saturated carbocycles. The predicted octanol–water partition coefficient (Wildman–Crippen LogP) is 2.41. The van der Waals surface area contributed by atoms with Gasteiger partial charge in [0.05, 0.1) is 11.9 Å². The molecule has 80 valence electrons. The van der Waals surface area contributed by atoms with Gasteiger partial charge in [-0.25, -0.2) is 4.68 Å². The SMILES string of the molecule is CCC(C)CC(C)n1nnnc1CCl. The van der Waals surface area contributed by atoms with E-state index in [1.54, 1.807) is 0 Å². The lowest BCUT2D eigenvalue weighted by Crippen LogP contribution is -2.13. The molecule has 0 aliphatic rings. The first kappa shape index (κ1) is 11.4. The van der Waals surface area contributed by atoms with Crippen LogP contribution in [0.15, 0.2) is 0 Å². The molecule has 5 heteroatoms. The first-order chi connectivity index (χ1) is 6.69. The largest absolute Gasteiger partial charge is 0.226 e. The number of hydrogen-bond acceptors (Lipinski definition) is 3. The number of hydrogen-bond donors (Lipinski definition) is 0. The fourth-order valence-electron chi connectivity index (χ4n) is 1.49. The molecule has 0 aromatic carbocycles. The van der Waals surface area contributed by atoms with Crippen LogP contribution >= 0.6 is 11.6 Å². The zero-order valence-electron chi connectivity index (χ0n) is 8.94. The predicted molar refractivity (Wildman–Crippen MR) is 56.2 cm³/mol. The monoisotopic (exact) mass is 216 g/mol. The van der Waals surface area contributed by atoms with Gasteiger partial charge in [-0.15, -0.1) is 16.7 Å². The quantitative estimate of drug-likeness (QED) is 0.710. The van der Waals surface area contributed by atoms with Gasteiger partial charge in [-0.05, 0) is 29.7 Å². The standard InChI is InChI=1S/C9H17ClN4/c1-4-7(2)5-8(3)14-9(6-10)11-12-13-14/h7-8H,4-6H2,1-3H3. The van der Waals surface area contributed by atoms with Crippen LogP contribution in [-0.2, 0) is 5.88 Å². The van der Waals surface area contributed by atoms with Crippen molar-refractivity contribution >= 4 is 11.6 Å². The van der Waals surface area contributed by atoms with E-state index in [4.69, 9.17) is 11.6 Å². The van der Waals surface area contributed by atoms with E-state index >= 15 is 0 Å². The minimum atomic E-state index is 0.327. The summed E-state index contributed by atoms with van der Waals surface area (Å²) < 4.78 is 1.82. The van der Waals surface area contributed by atoms with Crippen LogP contribution in [0.25, 0.3) is 0 Å². The van der Waals surface area contributed by atoms with E-state index in [0.717, 1.165) is 12.2 Å². The molecule has 1 rings (SSSR count). The molecule has 0 saturated heterocycles. The molecule has 0 aliphatic carbocycles. The van der Waals surface area contributed by atoms with Crippen LogP contribution in [0, 0.1) is 5.92 Å². The molecule has 0 N–H and O–H groups in total. The fraction of sp³-hybridized carbons (Fsp3) is 0.889. The van der Waals surface area contributed by atoms with Crippen molar-refractivity contribution in [2.24, 2.45) is 5.92 Å². The lowest BCUT2D eigenvalue weighted by molar-refractivity contribution is 0.363. The minimum absolute atomic E-state index is 0.327. The van der Waals surface area contributed by atoms with Gasteiger partial charge in [-0.3, -0.25) is 0 Å². The van der Waals surface area contributed by atoms with Crippen molar-refractivity contribution in [1.82, 2.24) is 20.2 Å². The number of rotatable bonds is 5. The van der Waals surface area contributed by atoms with Crippen LogP contribution in [-0.4, -0.2) is 20.2 Å². The Morgan fingerprint density at radius 3 is 2.71 bits per heavy atom. The summed E-state index contributed by atoms with van der Waals surface area (Å²) in [5.74, 6) is 1.82. The number of nitrogens with zero attached hydrogens (tertiary/aromatic N) is 4. The molecule has 0 spiro atoms. The summed E-state index contributed by atoms with van der Waals surface area (Å²) in [5.41, 5.74) is 0. The zero-order chi connectivity index (χ0) is 10.6. The molecule has 4 nitrogen and oxygen atoms in total. The summed E-state index contributed by atoms with van der Waals surface area (Å²) >= 11 is 5.72. The van der Waals surface area contributed by atoms with E-state index in [-0.39, 0.29) is 0 Å². The first-order valence-corrected chi connectivity index (χ1v) is 5.55. The molecular formula is C9H17ClN4. The number of halogens is 1. The highest BCUT2D eigenvalue weighted by Gasteiger charge is 2.14. The Labute approximate surface area is 89.6 Å². The highest BCUT2D eigenvalue weighted by molar-refractivity contribution is 6.16. The first-order valence-electron chi connectivity index (χ1n) is 5.01. The summed E-state index contributed by atoms with van der Waals surface area (Å²) in [7, 11) is 0. The smallest absolute Gasteiger partial charge is 0.166 e. The van der Waals surface area contributed by atoms with Gasteiger partial charge in [0.1, 0.15) is 0 Å². The van der Waals surface area contributed by atoms with Gasteiger partial charge in [0.15, 0.2) is 5.82 Å². The lowest BCUT2D eigenvalue weighted by atomic mass is 10.0. The Hall–Kier alpha value is -0.640. The van der Waals surface area contributed by atoms with Crippen molar-refractivity contribution in [3.8, 4) is 0 Å². The Balaban J connectivity index is 2.64. The molecule has 1 aromatic heterocycles. The third-order valence-corrected chi connectivity index (χ3v) is 2.78. The maximum absolute atomic E-state index is 5.72. The highest BCUT2D eigenvalue weighted by Crippen LogP contribution is 2.19. The molecule has 1 heterocycles. The summed E-state index contributed by atoms with van der Waals surface area (Å²) in [6.45, 7) is 6.55. The van der Waals surface area contributed by atoms with Crippen LogP contribution in [0.5, 0.6) is 0 Å². The Bertz CT molecular complexity index is 274. The van der Waals surface area contributed by atoms with Gasteiger partial charge < -0.3 is 0 Å². The topological polar surface area (TPSA) is 43.6 Å². The summed E-state index contributed by atoms with van der Waals surface area (Å²) in [6, 6.07) is 0.327. The van der Waals surface area contributed by atoms with Gasteiger partial charge in [0.2, 0.25) is 0 Å². The van der Waals surface area contributed by atoms with Crippen molar-refractivity contribution in [2.75, 3.05) is 0 Å². The molecule has 0 aliphatic heterocycles. The molecule has 14 heavy (non-hydrogen) atoms. The number of aromatic nitrogens is 4. The second-order valence-electron chi connectivity index (χ2n) is 3.77. The van der Waals surface area contributed by atoms with Gasteiger partial charge in [0.25, 0.3) is 0 Å². The van der Waals surface area contributed by atoms with Crippen LogP contribution in [0.3, 0.4) is 0 Å². The van der Waals surface area contributed by atoms with Crippen molar-refractivity contribution in [2.45, 2.75) is 45.5 Å². The summed E-state index contributed by atoms with van der Waals surface area (Å²) in [6.07, 6.45) is 2.27. The van der Waals surface area contributed by atoms with Gasteiger partial charge in [-0.2, -0.15) is 0 Å². The number of tetrazole rings is 1. The Morgan fingerprint density at radius 2 is 2.14 bits per heavy atom. The Kier molecular flexibility index (Phi) is 4.32. The van der Waals surface area contributed by atoms with Crippen LogP contribution in [0.2, 0.25) is 0 Å². The average molecular weight is 217 g/mol. The second kappa shape index (κ2) is 5.29. The van der Waals surface area contributed by atoms with Gasteiger partial charge in [-0.1, -0.05) is 20.3 Å². The van der Waals surface area contributed by atoms with Crippen LogP contribution < -0.4 is 0 Å². The zero-order valence-corrected chi connectivity index (χ0v) is 9.70. The minimum Gasteiger partial charge on any atom is -0.226 e. The number of alkyl halides is 1. The molecule has 2 atom stereocenters. The third-order valence-electron chi connectivity index (χ3n) is 2.54. The van der Waals surface area contributed by atoms with Gasteiger partial charge in [0, 0.05) is 0 Å². The molecule has 2 unspecified atom stereocenters. The lowest BCUT2D eigenvalue weighted by Gasteiger charge is -2.16. The molecule has 0 bridgehead atoms. The average Bonchev–Trinajstić information content (AvgIpc) is 2.65.